The van der Waals surface area contributed by atoms with E-state index in [0.29, 0.717) is 37.9 Å². The molecule has 1 atom stereocenters. The van der Waals surface area contributed by atoms with Crippen molar-refractivity contribution in [2.45, 2.75) is 43.2 Å². The van der Waals surface area contributed by atoms with Crippen LogP contribution in [0.15, 0.2) is 84.9 Å². The van der Waals surface area contributed by atoms with Gasteiger partial charge in [0.25, 0.3) is 0 Å². The number of aliphatic hydroxyl groups is 1. The second-order valence-electron chi connectivity index (χ2n) is 9.94. The summed E-state index contributed by atoms with van der Waals surface area (Å²) in [4.78, 5) is 17.9. The zero-order valence-corrected chi connectivity index (χ0v) is 20.8. The van der Waals surface area contributed by atoms with Crippen molar-refractivity contribution in [2.75, 3.05) is 27.2 Å². The number of rotatable bonds is 7. The lowest BCUT2D eigenvalue weighted by Crippen LogP contribution is -2.52. The Kier molecular flexibility index (Phi) is 7.39. The molecular weight excluding hydrogens is 439 g/mol. The highest BCUT2D eigenvalue weighted by Gasteiger charge is 2.46. The molecule has 0 aliphatic carbocycles. The van der Waals surface area contributed by atoms with Gasteiger partial charge < -0.3 is 14.9 Å². The van der Waals surface area contributed by atoms with Crippen LogP contribution in [0.2, 0.25) is 0 Å². The third-order valence-corrected chi connectivity index (χ3v) is 7.53. The number of amides is 1. The summed E-state index contributed by atoms with van der Waals surface area (Å²) in [6, 6.07) is 26.6. The number of halogens is 1. The molecule has 5 heteroatoms. The SMILES string of the molecule is CC(CC(C(=O)N(C)C)(c1ccccc1)c1ccccc1)N1CCC(O)(c2ccccc2F)CC1. The third kappa shape index (κ3) is 4.89. The highest BCUT2D eigenvalue weighted by atomic mass is 19.1. The molecule has 1 unspecified atom stereocenters. The molecule has 3 aromatic carbocycles. The van der Waals surface area contributed by atoms with Gasteiger partial charge in [-0.15, -0.1) is 0 Å². The van der Waals surface area contributed by atoms with Crippen LogP contribution in [0.1, 0.15) is 42.9 Å². The maximum Gasteiger partial charge on any atom is 0.237 e. The largest absolute Gasteiger partial charge is 0.385 e. The summed E-state index contributed by atoms with van der Waals surface area (Å²) in [5, 5.41) is 11.2. The highest BCUT2D eigenvalue weighted by molar-refractivity contribution is 5.92. The van der Waals surface area contributed by atoms with E-state index >= 15 is 0 Å². The molecule has 1 saturated heterocycles. The Hall–Kier alpha value is -3.02. The van der Waals surface area contributed by atoms with Gasteiger partial charge in [0.05, 0.1) is 5.60 Å². The minimum atomic E-state index is -1.17. The predicted octanol–water partition coefficient (Wildman–Crippen LogP) is 4.96. The number of likely N-dealkylation sites (N-methyl/N-ethyl adjacent to an activating group) is 1. The fourth-order valence-corrected chi connectivity index (χ4v) is 5.58. The van der Waals surface area contributed by atoms with E-state index in [-0.39, 0.29) is 17.8 Å². The summed E-state index contributed by atoms with van der Waals surface area (Å²) >= 11 is 0. The minimum Gasteiger partial charge on any atom is -0.385 e. The molecule has 3 aromatic rings. The van der Waals surface area contributed by atoms with E-state index in [4.69, 9.17) is 0 Å². The molecule has 1 aliphatic rings. The second kappa shape index (κ2) is 10.3. The van der Waals surface area contributed by atoms with Gasteiger partial charge in [-0.05, 0) is 43.4 Å². The van der Waals surface area contributed by atoms with Crippen LogP contribution < -0.4 is 0 Å². The molecule has 1 N–H and O–H groups in total. The van der Waals surface area contributed by atoms with Crippen LogP contribution in [0, 0.1) is 5.82 Å². The van der Waals surface area contributed by atoms with E-state index in [9.17, 15) is 14.3 Å². The third-order valence-electron chi connectivity index (χ3n) is 7.53. The number of carbonyl (C=O) groups excluding carboxylic acids is 1. The van der Waals surface area contributed by atoms with Gasteiger partial charge in [0.2, 0.25) is 5.91 Å². The van der Waals surface area contributed by atoms with E-state index in [0.717, 1.165) is 11.1 Å². The second-order valence-corrected chi connectivity index (χ2v) is 9.94. The summed E-state index contributed by atoms with van der Waals surface area (Å²) in [5.74, 6) is -0.318. The normalized spacial score (nSPS) is 17.1. The average Bonchev–Trinajstić information content (AvgIpc) is 2.88. The first kappa shape index (κ1) is 25.1. The molecule has 35 heavy (non-hydrogen) atoms. The van der Waals surface area contributed by atoms with Gasteiger partial charge >= 0.3 is 0 Å². The molecule has 0 aromatic heterocycles. The molecule has 0 spiro atoms. The fourth-order valence-electron chi connectivity index (χ4n) is 5.58. The van der Waals surface area contributed by atoms with E-state index < -0.39 is 11.0 Å². The Morgan fingerprint density at radius 1 is 0.943 bits per heavy atom. The standard InChI is InChI=1S/C30H35FN2O2/c1-23(33-20-18-29(35,19-21-33)26-16-10-11-17-27(26)31)22-30(28(34)32(2)3,24-12-6-4-7-13-24)25-14-8-5-9-15-25/h4-17,23,35H,18-22H2,1-3H3. The zero-order valence-electron chi connectivity index (χ0n) is 20.8. The Morgan fingerprint density at radius 2 is 1.43 bits per heavy atom. The number of piperidine rings is 1. The van der Waals surface area contributed by atoms with Crippen LogP contribution >= 0.6 is 0 Å². The van der Waals surface area contributed by atoms with Gasteiger partial charge in [-0.2, -0.15) is 0 Å². The van der Waals surface area contributed by atoms with Gasteiger partial charge in [-0.1, -0.05) is 78.9 Å². The first-order valence-corrected chi connectivity index (χ1v) is 12.3. The lowest BCUT2D eigenvalue weighted by molar-refractivity contribution is -0.134. The summed E-state index contributed by atoms with van der Waals surface area (Å²) in [6.07, 6.45) is 1.49. The van der Waals surface area contributed by atoms with Crippen molar-refractivity contribution in [1.29, 1.82) is 0 Å². The zero-order chi connectivity index (χ0) is 25.1. The average molecular weight is 475 g/mol. The van der Waals surface area contributed by atoms with Crippen LogP contribution in [0.4, 0.5) is 4.39 Å². The van der Waals surface area contributed by atoms with Crippen molar-refractivity contribution in [3.05, 3.63) is 107 Å². The van der Waals surface area contributed by atoms with Gasteiger partial charge in [-0.3, -0.25) is 4.79 Å². The molecule has 1 fully saturated rings. The smallest absolute Gasteiger partial charge is 0.237 e. The summed E-state index contributed by atoms with van der Waals surface area (Å²) in [5.41, 5.74) is 0.299. The van der Waals surface area contributed by atoms with Crippen molar-refractivity contribution < 1.29 is 14.3 Å². The highest BCUT2D eigenvalue weighted by Crippen LogP contribution is 2.41. The van der Waals surface area contributed by atoms with Crippen LogP contribution in [0.25, 0.3) is 0 Å². The summed E-state index contributed by atoms with van der Waals surface area (Å²) in [6.45, 7) is 3.40. The van der Waals surface area contributed by atoms with Gasteiger partial charge in [0.1, 0.15) is 11.2 Å². The minimum absolute atomic E-state index is 0.0432. The van der Waals surface area contributed by atoms with Crippen molar-refractivity contribution in [2.24, 2.45) is 0 Å². The molecule has 4 rings (SSSR count). The predicted molar refractivity (Wildman–Crippen MR) is 138 cm³/mol. The lowest BCUT2D eigenvalue weighted by atomic mass is 9.69. The number of hydrogen-bond acceptors (Lipinski definition) is 3. The summed E-state index contributed by atoms with van der Waals surface area (Å²) < 4.78 is 14.4. The van der Waals surface area contributed by atoms with Crippen molar-refractivity contribution in [1.82, 2.24) is 9.80 Å². The number of carbonyl (C=O) groups is 1. The lowest BCUT2D eigenvalue weighted by Gasteiger charge is -2.44. The maximum atomic E-state index is 14.4. The molecule has 1 heterocycles. The van der Waals surface area contributed by atoms with Crippen LogP contribution in [0.3, 0.4) is 0 Å². The number of hydrogen-bond donors (Lipinski definition) is 1. The molecule has 1 amide bonds. The number of likely N-dealkylation sites (tertiary alicyclic amines) is 1. The monoisotopic (exact) mass is 474 g/mol. The molecule has 0 saturated carbocycles. The van der Waals surface area contributed by atoms with Gasteiger partial charge in [0, 0.05) is 38.8 Å². The van der Waals surface area contributed by atoms with E-state index in [1.165, 1.54) is 6.07 Å². The van der Waals surface area contributed by atoms with E-state index in [2.05, 4.69) is 11.8 Å². The molecule has 1 aliphatic heterocycles. The number of benzene rings is 3. The maximum absolute atomic E-state index is 14.4. The molecule has 184 valence electrons. The van der Waals surface area contributed by atoms with Crippen molar-refractivity contribution in [3.63, 3.8) is 0 Å². The Labute approximate surface area is 208 Å². The molecule has 0 radical (unpaired) electrons. The quantitative estimate of drug-likeness (QED) is 0.526. The first-order chi connectivity index (χ1) is 16.8. The van der Waals surface area contributed by atoms with Crippen LogP contribution in [-0.4, -0.2) is 54.0 Å². The van der Waals surface area contributed by atoms with Gasteiger partial charge in [-0.25, -0.2) is 4.39 Å². The van der Waals surface area contributed by atoms with Gasteiger partial charge in [0.15, 0.2) is 0 Å². The first-order valence-electron chi connectivity index (χ1n) is 12.3. The Bertz CT molecular complexity index is 1090. The Balaban J connectivity index is 1.64. The van der Waals surface area contributed by atoms with Crippen LogP contribution in [0.5, 0.6) is 0 Å². The van der Waals surface area contributed by atoms with Crippen LogP contribution in [-0.2, 0) is 15.8 Å². The van der Waals surface area contributed by atoms with Crippen molar-refractivity contribution in [3.8, 4) is 0 Å². The fraction of sp³-hybridized carbons (Fsp3) is 0.367. The Morgan fingerprint density at radius 3 is 1.91 bits per heavy atom. The molecular formula is C30H35FN2O2. The molecule has 0 bridgehead atoms. The van der Waals surface area contributed by atoms with E-state index in [1.807, 2.05) is 74.8 Å². The van der Waals surface area contributed by atoms with Crippen molar-refractivity contribution >= 4 is 5.91 Å². The summed E-state index contributed by atoms with van der Waals surface area (Å²) in [7, 11) is 3.62. The molecule has 4 nitrogen and oxygen atoms in total. The van der Waals surface area contributed by atoms with E-state index in [1.54, 1.807) is 23.1 Å². The number of nitrogens with zero attached hydrogens (tertiary/aromatic N) is 2. The topological polar surface area (TPSA) is 43.8 Å².